The molecule has 0 bridgehead atoms. The van der Waals surface area contributed by atoms with Gasteiger partial charge < -0.3 is 5.32 Å². The molecule has 0 amide bonds. The van der Waals surface area contributed by atoms with Gasteiger partial charge in [-0.25, -0.2) is 0 Å². The molecular formula is C19H30N2. The number of rotatable bonds is 5. The lowest BCUT2D eigenvalue weighted by Crippen LogP contribution is -2.45. The predicted octanol–water partition coefficient (Wildman–Crippen LogP) is 3.81. The van der Waals surface area contributed by atoms with Crippen molar-refractivity contribution in [2.45, 2.75) is 58.7 Å². The molecule has 1 N–H and O–H groups in total. The van der Waals surface area contributed by atoms with Crippen molar-refractivity contribution in [1.29, 1.82) is 0 Å². The van der Waals surface area contributed by atoms with Crippen LogP contribution in [-0.4, -0.2) is 24.0 Å². The topological polar surface area (TPSA) is 15.3 Å². The van der Waals surface area contributed by atoms with Crippen molar-refractivity contribution in [3.63, 3.8) is 0 Å². The Kier molecular flexibility index (Phi) is 4.97. The van der Waals surface area contributed by atoms with Gasteiger partial charge in [0.15, 0.2) is 0 Å². The highest BCUT2D eigenvalue weighted by atomic mass is 15.1. The van der Waals surface area contributed by atoms with Crippen molar-refractivity contribution in [2.75, 3.05) is 13.1 Å². The van der Waals surface area contributed by atoms with Crippen molar-refractivity contribution in [3.05, 3.63) is 35.4 Å². The highest BCUT2D eigenvalue weighted by Crippen LogP contribution is 2.33. The van der Waals surface area contributed by atoms with E-state index < -0.39 is 0 Å². The molecule has 0 saturated heterocycles. The van der Waals surface area contributed by atoms with Crippen molar-refractivity contribution in [3.8, 4) is 0 Å². The lowest BCUT2D eigenvalue weighted by Gasteiger charge is -2.38. The predicted molar refractivity (Wildman–Crippen MR) is 89.1 cm³/mol. The molecule has 2 nitrogen and oxygen atoms in total. The number of hydrogen-bond donors (Lipinski definition) is 1. The Labute approximate surface area is 129 Å². The zero-order chi connectivity index (χ0) is 14.7. The highest BCUT2D eigenvalue weighted by molar-refractivity contribution is 5.30. The van der Waals surface area contributed by atoms with Crippen LogP contribution < -0.4 is 5.32 Å². The molecule has 2 aliphatic rings. The Hall–Kier alpha value is -0.860. The Bertz CT molecular complexity index is 432. The van der Waals surface area contributed by atoms with Gasteiger partial charge in [-0.15, -0.1) is 0 Å². The van der Waals surface area contributed by atoms with Gasteiger partial charge in [-0.1, -0.05) is 44.5 Å². The molecule has 2 heteroatoms. The van der Waals surface area contributed by atoms with E-state index in [0.29, 0.717) is 0 Å². The maximum Gasteiger partial charge on any atom is 0.0240 e. The van der Waals surface area contributed by atoms with Gasteiger partial charge in [-0.05, 0) is 48.8 Å². The number of nitrogens with one attached hydrogen (secondary N) is 1. The molecule has 0 radical (unpaired) electrons. The summed E-state index contributed by atoms with van der Waals surface area (Å²) in [5, 5.41) is 3.75. The van der Waals surface area contributed by atoms with Crippen molar-refractivity contribution < 1.29 is 0 Å². The fourth-order valence-electron chi connectivity index (χ4n) is 4.33. The molecular weight excluding hydrogens is 256 g/mol. The summed E-state index contributed by atoms with van der Waals surface area (Å²) in [5.41, 5.74) is 3.08. The van der Waals surface area contributed by atoms with Crippen LogP contribution in [0, 0.1) is 11.8 Å². The molecule has 21 heavy (non-hydrogen) atoms. The molecule has 3 unspecified atom stereocenters. The van der Waals surface area contributed by atoms with Gasteiger partial charge in [0.1, 0.15) is 0 Å². The van der Waals surface area contributed by atoms with E-state index in [4.69, 9.17) is 0 Å². The number of benzene rings is 1. The Balaban J connectivity index is 1.62. The van der Waals surface area contributed by atoms with Gasteiger partial charge in [0, 0.05) is 25.7 Å². The third-order valence-electron chi connectivity index (χ3n) is 5.53. The fraction of sp³-hybridized carbons (Fsp3) is 0.684. The van der Waals surface area contributed by atoms with Gasteiger partial charge in [0.25, 0.3) is 0 Å². The van der Waals surface area contributed by atoms with Crippen LogP contribution in [0.15, 0.2) is 24.3 Å². The third kappa shape index (κ3) is 3.49. The first-order valence-corrected chi connectivity index (χ1v) is 8.82. The maximum atomic E-state index is 3.75. The largest absolute Gasteiger partial charge is 0.314 e. The first kappa shape index (κ1) is 15.1. The number of hydrogen-bond acceptors (Lipinski definition) is 2. The van der Waals surface area contributed by atoms with Crippen LogP contribution in [0.25, 0.3) is 0 Å². The van der Waals surface area contributed by atoms with E-state index in [9.17, 15) is 0 Å². The minimum Gasteiger partial charge on any atom is -0.314 e. The lowest BCUT2D eigenvalue weighted by molar-refractivity contribution is 0.138. The maximum absolute atomic E-state index is 3.75. The van der Waals surface area contributed by atoms with Gasteiger partial charge >= 0.3 is 0 Å². The van der Waals surface area contributed by atoms with E-state index in [1.807, 2.05) is 0 Å². The van der Waals surface area contributed by atoms with Crippen LogP contribution >= 0.6 is 0 Å². The van der Waals surface area contributed by atoms with Gasteiger partial charge in [0.2, 0.25) is 0 Å². The summed E-state index contributed by atoms with van der Waals surface area (Å²) in [4.78, 5) is 2.66. The van der Waals surface area contributed by atoms with Gasteiger partial charge in [0.05, 0.1) is 0 Å². The molecule has 1 aromatic carbocycles. The van der Waals surface area contributed by atoms with Crippen molar-refractivity contribution >= 4 is 0 Å². The van der Waals surface area contributed by atoms with Crippen molar-refractivity contribution in [2.24, 2.45) is 11.8 Å². The minimum absolute atomic E-state index is 0.738. The van der Waals surface area contributed by atoms with Crippen LogP contribution in [0.3, 0.4) is 0 Å². The second kappa shape index (κ2) is 6.93. The normalized spacial score (nSPS) is 29.5. The van der Waals surface area contributed by atoms with Crippen LogP contribution in [0.2, 0.25) is 0 Å². The second-order valence-electron chi connectivity index (χ2n) is 6.95. The van der Waals surface area contributed by atoms with Crippen LogP contribution in [-0.2, 0) is 13.1 Å². The number of fused-ring (bicyclic) bond motifs is 1. The molecule has 1 aliphatic carbocycles. The quantitative estimate of drug-likeness (QED) is 0.885. The van der Waals surface area contributed by atoms with Crippen LogP contribution in [0.4, 0.5) is 0 Å². The molecule has 1 fully saturated rings. The molecule has 1 aromatic rings. The molecule has 116 valence electrons. The standard InChI is InChI=1S/C19H30N2/c1-3-15-9-10-19(20-4-2)18(11-15)14-21-12-16-7-5-6-8-17(16)13-21/h5-8,15,18-20H,3-4,9-14H2,1-2H3. The summed E-state index contributed by atoms with van der Waals surface area (Å²) >= 11 is 0. The van der Waals surface area contributed by atoms with Gasteiger partial charge in [-0.2, -0.15) is 0 Å². The lowest BCUT2D eigenvalue weighted by atomic mass is 9.76. The average Bonchev–Trinajstić information content (AvgIpc) is 2.91. The summed E-state index contributed by atoms with van der Waals surface area (Å²) in [6.45, 7) is 9.29. The molecule has 0 spiro atoms. The Morgan fingerprint density at radius 3 is 2.43 bits per heavy atom. The van der Waals surface area contributed by atoms with E-state index in [0.717, 1.165) is 37.5 Å². The average molecular weight is 286 g/mol. The second-order valence-corrected chi connectivity index (χ2v) is 6.95. The first-order chi connectivity index (χ1) is 10.3. The van der Waals surface area contributed by atoms with E-state index in [-0.39, 0.29) is 0 Å². The minimum atomic E-state index is 0.738. The fourth-order valence-corrected chi connectivity index (χ4v) is 4.33. The first-order valence-electron chi connectivity index (χ1n) is 8.82. The zero-order valence-corrected chi connectivity index (χ0v) is 13.6. The molecule has 3 atom stereocenters. The molecule has 1 saturated carbocycles. The molecule has 1 heterocycles. The Morgan fingerprint density at radius 1 is 1.10 bits per heavy atom. The van der Waals surface area contributed by atoms with Crippen LogP contribution in [0.1, 0.15) is 50.7 Å². The molecule has 1 aliphatic heterocycles. The smallest absolute Gasteiger partial charge is 0.0240 e. The summed E-state index contributed by atoms with van der Waals surface area (Å²) < 4.78 is 0. The summed E-state index contributed by atoms with van der Waals surface area (Å²) in [6, 6.07) is 9.69. The zero-order valence-electron chi connectivity index (χ0n) is 13.6. The third-order valence-corrected chi connectivity index (χ3v) is 5.53. The van der Waals surface area contributed by atoms with E-state index in [2.05, 4.69) is 48.3 Å². The molecule has 3 rings (SSSR count). The SMILES string of the molecule is CCNC1CCC(CC)CC1CN1Cc2ccccc2C1. The van der Waals surface area contributed by atoms with E-state index in [1.165, 1.54) is 32.2 Å². The van der Waals surface area contributed by atoms with Gasteiger partial charge in [-0.3, -0.25) is 4.90 Å². The highest BCUT2D eigenvalue weighted by Gasteiger charge is 2.31. The van der Waals surface area contributed by atoms with Crippen molar-refractivity contribution in [1.82, 2.24) is 10.2 Å². The summed E-state index contributed by atoms with van der Waals surface area (Å²) in [6.07, 6.45) is 5.57. The van der Waals surface area contributed by atoms with E-state index >= 15 is 0 Å². The summed E-state index contributed by atoms with van der Waals surface area (Å²) in [5.74, 6) is 1.79. The monoisotopic (exact) mass is 286 g/mol. The van der Waals surface area contributed by atoms with E-state index in [1.54, 1.807) is 11.1 Å². The molecule has 0 aromatic heterocycles. The summed E-state index contributed by atoms with van der Waals surface area (Å²) in [7, 11) is 0. The number of nitrogens with zero attached hydrogens (tertiary/aromatic N) is 1. The Morgan fingerprint density at radius 2 is 1.81 bits per heavy atom. The van der Waals surface area contributed by atoms with Crippen LogP contribution in [0.5, 0.6) is 0 Å².